The fourth-order valence-electron chi connectivity index (χ4n) is 2.24. The first-order chi connectivity index (χ1) is 8.70. The van der Waals surface area contributed by atoms with Crippen LogP contribution in [0.4, 0.5) is 4.39 Å². The van der Waals surface area contributed by atoms with Gasteiger partial charge >= 0.3 is 0 Å². The van der Waals surface area contributed by atoms with Gasteiger partial charge in [0.15, 0.2) is 0 Å². The molecule has 100 valence electrons. The first-order valence-electron chi connectivity index (χ1n) is 6.37. The van der Waals surface area contributed by atoms with Crippen molar-refractivity contribution in [3.63, 3.8) is 0 Å². The van der Waals surface area contributed by atoms with Crippen LogP contribution < -0.4 is 11.2 Å². The second-order valence-corrected chi connectivity index (χ2v) is 5.05. The minimum absolute atomic E-state index is 0.0603. The maximum absolute atomic E-state index is 13.4. The third-order valence-electron chi connectivity index (χ3n) is 3.28. The third kappa shape index (κ3) is 3.42. The van der Waals surface area contributed by atoms with Crippen molar-refractivity contribution in [2.24, 2.45) is 5.73 Å². The normalized spacial score (nSPS) is 18.8. The van der Waals surface area contributed by atoms with E-state index in [0.29, 0.717) is 6.54 Å². The van der Waals surface area contributed by atoms with E-state index < -0.39 is 5.82 Å². The maximum atomic E-state index is 13.4. The lowest BCUT2D eigenvalue weighted by molar-refractivity contribution is 0.130. The minimum Gasteiger partial charge on any atom is -0.329 e. The van der Waals surface area contributed by atoms with E-state index in [1.165, 1.54) is 25.3 Å². The van der Waals surface area contributed by atoms with Crippen LogP contribution in [-0.2, 0) is 0 Å². The Balaban J connectivity index is 2.04. The zero-order valence-corrected chi connectivity index (χ0v) is 11.1. The van der Waals surface area contributed by atoms with Gasteiger partial charge in [0, 0.05) is 19.6 Å². The Hall–Kier alpha value is -0.680. The lowest BCUT2D eigenvalue weighted by atomic mass is 10.1. The highest BCUT2D eigenvalue weighted by molar-refractivity contribution is 6.30. The average Bonchev–Trinajstić information content (AvgIpc) is 2.40. The quantitative estimate of drug-likeness (QED) is 0.884. The van der Waals surface area contributed by atoms with E-state index in [4.69, 9.17) is 17.3 Å². The SMILES string of the molecule is NCC(NN1CCCCC1)c1ccc(Cl)c(F)c1. The maximum Gasteiger partial charge on any atom is 0.142 e. The van der Waals surface area contributed by atoms with Gasteiger partial charge in [0.05, 0.1) is 11.1 Å². The number of hydrogen-bond donors (Lipinski definition) is 2. The van der Waals surface area contributed by atoms with Crippen molar-refractivity contribution in [3.05, 3.63) is 34.6 Å². The molecule has 0 amide bonds. The molecule has 3 nitrogen and oxygen atoms in total. The molecule has 0 spiro atoms. The van der Waals surface area contributed by atoms with Crippen LogP contribution in [0.15, 0.2) is 18.2 Å². The molecule has 1 fully saturated rings. The van der Waals surface area contributed by atoms with Crippen LogP contribution in [0, 0.1) is 5.82 Å². The van der Waals surface area contributed by atoms with Gasteiger partial charge in [-0.2, -0.15) is 0 Å². The van der Waals surface area contributed by atoms with Gasteiger partial charge in [0.25, 0.3) is 0 Å². The van der Waals surface area contributed by atoms with Crippen LogP contribution in [0.2, 0.25) is 5.02 Å². The van der Waals surface area contributed by atoms with Gasteiger partial charge in [-0.05, 0) is 30.5 Å². The summed E-state index contributed by atoms with van der Waals surface area (Å²) in [5.41, 5.74) is 9.97. The zero-order chi connectivity index (χ0) is 13.0. The van der Waals surface area contributed by atoms with Crippen molar-refractivity contribution in [2.45, 2.75) is 25.3 Å². The Kier molecular flexibility index (Phi) is 4.95. The van der Waals surface area contributed by atoms with Crippen LogP contribution in [0.1, 0.15) is 30.9 Å². The highest BCUT2D eigenvalue weighted by Gasteiger charge is 2.17. The van der Waals surface area contributed by atoms with Crippen molar-refractivity contribution in [3.8, 4) is 0 Å². The molecule has 0 radical (unpaired) electrons. The summed E-state index contributed by atoms with van der Waals surface area (Å²) in [5.74, 6) is -0.395. The molecule has 1 aromatic carbocycles. The fourth-order valence-corrected chi connectivity index (χ4v) is 2.35. The van der Waals surface area contributed by atoms with Crippen molar-refractivity contribution in [2.75, 3.05) is 19.6 Å². The third-order valence-corrected chi connectivity index (χ3v) is 3.58. The second kappa shape index (κ2) is 6.48. The molecule has 5 heteroatoms. The molecule has 18 heavy (non-hydrogen) atoms. The summed E-state index contributed by atoms with van der Waals surface area (Å²) in [5, 5.41) is 2.32. The van der Waals surface area contributed by atoms with Gasteiger partial charge in [-0.15, -0.1) is 0 Å². The molecule has 0 saturated carbocycles. The number of nitrogens with one attached hydrogen (secondary N) is 1. The van der Waals surface area contributed by atoms with E-state index >= 15 is 0 Å². The second-order valence-electron chi connectivity index (χ2n) is 4.64. The van der Waals surface area contributed by atoms with E-state index in [1.807, 2.05) is 6.07 Å². The van der Waals surface area contributed by atoms with Gasteiger partial charge in [-0.1, -0.05) is 24.1 Å². The lowest BCUT2D eigenvalue weighted by Crippen LogP contribution is -2.45. The highest BCUT2D eigenvalue weighted by atomic mass is 35.5. The Bertz CT molecular complexity index is 394. The van der Waals surface area contributed by atoms with Crippen LogP contribution >= 0.6 is 11.6 Å². The Labute approximate surface area is 112 Å². The standard InChI is InChI=1S/C13H19ClFN3/c14-11-5-4-10(8-12(11)15)13(9-16)17-18-6-2-1-3-7-18/h4-5,8,13,17H,1-3,6-7,9,16H2. The molecular weight excluding hydrogens is 253 g/mol. The van der Waals surface area contributed by atoms with Gasteiger partial charge in [0.1, 0.15) is 5.82 Å². The smallest absolute Gasteiger partial charge is 0.142 e. The molecule has 0 bridgehead atoms. The van der Waals surface area contributed by atoms with Crippen molar-refractivity contribution in [1.82, 2.24) is 10.4 Å². The predicted molar refractivity (Wildman–Crippen MR) is 71.8 cm³/mol. The summed E-state index contributed by atoms with van der Waals surface area (Å²) >= 11 is 5.68. The molecule has 1 heterocycles. The number of rotatable bonds is 4. The van der Waals surface area contributed by atoms with Crippen LogP contribution in [0.3, 0.4) is 0 Å². The number of hydrazine groups is 1. The van der Waals surface area contributed by atoms with E-state index in [0.717, 1.165) is 18.7 Å². The molecule has 1 aliphatic heterocycles. The number of benzene rings is 1. The summed E-state index contributed by atoms with van der Waals surface area (Å²) in [6.07, 6.45) is 3.67. The largest absolute Gasteiger partial charge is 0.329 e. The summed E-state index contributed by atoms with van der Waals surface area (Å²) in [7, 11) is 0. The van der Waals surface area contributed by atoms with Gasteiger partial charge in [0.2, 0.25) is 0 Å². The zero-order valence-electron chi connectivity index (χ0n) is 10.3. The summed E-state index contributed by atoms with van der Waals surface area (Å²) < 4.78 is 13.4. The first kappa shape index (κ1) is 13.7. The lowest BCUT2D eigenvalue weighted by Gasteiger charge is -2.31. The molecule has 2 rings (SSSR count). The molecule has 0 aromatic heterocycles. The van der Waals surface area contributed by atoms with E-state index in [-0.39, 0.29) is 11.1 Å². The molecule has 1 atom stereocenters. The highest BCUT2D eigenvalue weighted by Crippen LogP contribution is 2.20. The predicted octanol–water partition coefficient (Wildman–Crippen LogP) is 2.47. The summed E-state index contributed by atoms with van der Waals surface area (Å²) in [4.78, 5) is 0. The number of hydrogen-bond acceptors (Lipinski definition) is 3. The molecule has 1 aliphatic rings. The summed E-state index contributed by atoms with van der Waals surface area (Å²) in [6, 6.07) is 4.79. The van der Waals surface area contributed by atoms with Gasteiger partial charge in [-0.25, -0.2) is 14.8 Å². The van der Waals surface area contributed by atoms with Gasteiger partial charge < -0.3 is 5.73 Å². The van der Waals surface area contributed by atoms with Crippen molar-refractivity contribution < 1.29 is 4.39 Å². The van der Waals surface area contributed by atoms with E-state index in [1.54, 1.807) is 6.07 Å². The number of halogens is 2. The van der Waals surface area contributed by atoms with Crippen LogP contribution in [-0.4, -0.2) is 24.6 Å². The number of nitrogens with two attached hydrogens (primary N) is 1. The first-order valence-corrected chi connectivity index (χ1v) is 6.74. The fraction of sp³-hybridized carbons (Fsp3) is 0.538. The minimum atomic E-state index is -0.395. The molecule has 3 N–H and O–H groups in total. The van der Waals surface area contributed by atoms with Gasteiger partial charge in [-0.3, -0.25) is 0 Å². The Morgan fingerprint density at radius 1 is 1.33 bits per heavy atom. The topological polar surface area (TPSA) is 41.3 Å². The Morgan fingerprint density at radius 3 is 2.67 bits per heavy atom. The molecule has 1 unspecified atom stereocenters. The molecular formula is C13H19ClFN3. The number of nitrogens with zero attached hydrogens (tertiary/aromatic N) is 1. The van der Waals surface area contributed by atoms with Crippen molar-refractivity contribution in [1.29, 1.82) is 0 Å². The molecule has 1 aromatic rings. The van der Waals surface area contributed by atoms with E-state index in [2.05, 4.69) is 10.4 Å². The van der Waals surface area contributed by atoms with Crippen LogP contribution in [0.25, 0.3) is 0 Å². The average molecular weight is 272 g/mol. The van der Waals surface area contributed by atoms with Crippen LogP contribution in [0.5, 0.6) is 0 Å². The molecule has 1 saturated heterocycles. The monoisotopic (exact) mass is 271 g/mol. The van der Waals surface area contributed by atoms with Crippen molar-refractivity contribution >= 4 is 11.6 Å². The summed E-state index contributed by atoms with van der Waals surface area (Å²) in [6.45, 7) is 2.47. The number of piperidine rings is 1. The molecule has 0 aliphatic carbocycles. The Morgan fingerprint density at radius 2 is 2.06 bits per heavy atom. The van der Waals surface area contributed by atoms with E-state index in [9.17, 15) is 4.39 Å².